The predicted octanol–water partition coefficient (Wildman–Crippen LogP) is 1.80. The molecule has 0 spiro atoms. The van der Waals surface area contributed by atoms with Crippen LogP contribution in [0.2, 0.25) is 0 Å². The summed E-state index contributed by atoms with van der Waals surface area (Å²) in [5.74, 6) is 1.84. The second-order valence-electron chi connectivity index (χ2n) is 4.09. The monoisotopic (exact) mass is 274 g/mol. The SMILES string of the molecule is CCc1nsc(NCCc2nnc3ccccn23)n1. The van der Waals surface area contributed by atoms with Crippen LogP contribution in [0, 0.1) is 0 Å². The van der Waals surface area contributed by atoms with E-state index >= 15 is 0 Å². The Morgan fingerprint density at radius 2 is 2.26 bits per heavy atom. The van der Waals surface area contributed by atoms with Crippen molar-refractivity contribution in [2.45, 2.75) is 19.8 Å². The van der Waals surface area contributed by atoms with E-state index in [0.29, 0.717) is 0 Å². The Bertz CT molecular complexity index is 673. The molecular weight excluding hydrogens is 260 g/mol. The zero-order valence-corrected chi connectivity index (χ0v) is 11.4. The second kappa shape index (κ2) is 5.31. The zero-order valence-electron chi connectivity index (χ0n) is 10.6. The number of fused-ring (bicyclic) bond motifs is 1. The fourth-order valence-electron chi connectivity index (χ4n) is 1.81. The summed E-state index contributed by atoms with van der Waals surface area (Å²) in [6.07, 6.45) is 3.64. The van der Waals surface area contributed by atoms with Crippen LogP contribution in [0.1, 0.15) is 18.6 Å². The maximum Gasteiger partial charge on any atom is 0.202 e. The van der Waals surface area contributed by atoms with Crippen molar-refractivity contribution >= 4 is 22.3 Å². The van der Waals surface area contributed by atoms with Gasteiger partial charge >= 0.3 is 0 Å². The number of nitrogens with zero attached hydrogens (tertiary/aromatic N) is 5. The van der Waals surface area contributed by atoms with Gasteiger partial charge in [-0.3, -0.25) is 4.40 Å². The van der Waals surface area contributed by atoms with Crippen LogP contribution in [-0.2, 0) is 12.8 Å². The summed E-state index contributed by atoms with van der Waals surface area (Å²) in [5.41, 5.74) is 0.877. The van der Waals surface area contributed by atoms with Crippen LogP contribution in [0.4, 0.5) is 5.13 Å². The second-order valence-corrected chi connectivity index (χ2v) is 4.84. The van der Waals surface area contributed by atoms with Gasteiger partial charge in [0.2, 0.25) is 5.13 Å². The van der Waals surface area contributed by atoms with Crippen LogP contribution in [0.5, 0.6) is 0 Å². The van der Waals surface area contributed by atoms with Crippen molar-refractivity contribution in [1.29, 1.82) is 0 Å². The first-order chi connectivity index (χ1) is 9.36. The molecule has 1 N–H and O–H groups in total. The van der Waals surface area contributed by atoms with Crippen LogP contribution < -0.4 is 5.32 Å². The summed E-state index contributed by atoms with van der Waals surface area (Å²) in [6, 6.07) is 5.88. The molecule has 0 unspecified atom stereocenters. The number of pyridine rings is 1. The van der Waals surface area contributed by atoms with E-state index in [4.69, 9.17) is 0 Å². The maximum atomic E-state index is 4.36. The molecule has 0 aliphatic rings. The molecule has 3 rings (SSSR count). The van der Waals surface area contributed by atoms with E-state index in [2.05, 4.69) is 24.9 Å². The third-order valence-electron chi connectivity index (χ3n) is 2.79. The molecule has 0 saturated heterocycles. The summed E-state index contributed by atoms with van der Waals surface area (Å²) < 4.78 is 6.23. The molecule has 3 aromatic heterocycles. The smallest absolute Gasteiger partial charge is 0.202 e. The molecule has 0 aliphatic heterocycles. The number of nitrogens with one attached hydrogen (secondary N) is 1. The molecule has 0 atom stereocenters. The Kier molecular flexibility index (Phi) is 3.37. The number of hydrogen-bond acceptors (Lipinski definition) is 6. The molecule has 3 aromatic rings. The Hall–Kier alpha value is -2.02. The average Bonchev–Trinajstić information content (AvgIpc) is 3.06. The highest BCUT2D eigenvalue weighted by atomic mass is 32.1. The first-order valence-corrected chi connectivity index (χ1v) is 6.99. The van der Waals surface area contributed by atoms with E-state index in [1.807, 2.05) is 35.7 Å². The van der Waals surface area contributed by atoms with Gasteiger partial charge in [-0.15, -0.1) is 10.2 Å². The van der Waals surface area contributed by atoms with Gasteiger partial charge < -0.3 is 5.32 Å². The van der Waals surface area contributed by atoms with E-state index in [1.54, 1.807) is 0 Å². The number of hydrogen-bond donors (Lipinski definition) is 1. The standard InChI is InChI=1S/C12H14N6S/c1-2-9-14-12(19-17-9)13-7-6-11-16-15-10-5-3-4-8-18(10)11/h3-5,8H,2,6-7H2,1H3,(H,13,14,17). The number of aryl methyl sites for hydroxylation is 1. The molecule has 6 nitrogen and oxygen atoms in total. The molecule has 0 radical (unpaired) electrons. The summed E-state index contributed by atoms with van der Waals surface area (Å²) in [7, 11) is 0. The molecular formula is C12H14N6S. The van der Waals surface area contributed by atoms with Crippen molar-refractivity contribution in [3.63, 3.8) is 0 Å². The topological polar surface area (TPSA) is 68.0 Å². The Labute approximate surface area is 114 Å². The van der Waals surface area contributed by atoms with E-state index in [9.17, 15) is 0 Å². The molecule has 98 valence electrons. The van der Waals surface area contributed by atoms with Crippen LogP contribution in [0.15, 0.2) is 24.4 Å². The van der Waals surface area contributed by atoms with E-state index in [-0.39, 0.29) is 0 Å². The van der Waals surface area contributed by atoms with Gasteiger partial charge in [0.1, 0.15) is 11.6 Å². The van der Waals surface area contributed by atoms with Crippen molar-refractivity contribution < 1.29 is 0 Å². The molecule has 3 heterocycles. The highest BCUT2D eigenvalue weighted by Crippen LogP contribution is 2.11. The molecule has 7 heteroatoms. The van der Waals surface area contributed by atoms with Crippen molar-refractivity contribution in [2.24, 2.45) is 0 Å². The van der Waals surface area contributed by atoms with Crippen molar-refractivity contribution in [2.75, 3.05) is 11.9 Å². The van der Waals surface area contributed by atoms with Crippen LogP contribution in [-0.4, -0.2) is 30.5 Å². The van der Waals surface area contributed by atoms with Gasteiger partial charge in [-0.2, -0.15) is 4.37 Å². The Morgan fingerprint density at radius 1 is 1.32 bits per heavy atom. The summed E-state index contributed by atoms with van der Waals surface area (Å²) in [4.78, 5) is 4.36. The summed E-state index contributed by atoms with van der Waals surface area (Å²) >= 11 is 1.40. The fraction of sp³-hybridized carbons (Fsp3) is 0.333. The van der Waals surface area contributed by atoms with Crippen LogP contribution in [0.3, 0.4) is 0 Å². The lowest BCUT2D eigenvalue weighted by Crippen LogP contribution is -2.07. The Morgan fingerprint density at radius 3 is 3.11 bits per heavy atom. The Balaban J connectivity index is 1.63. The lowest BCUT2D eigenvalue weighted by molar-refractivity contribution is 0.868. The van der Waals surface area contributed by atoms with Crippen molar-refractivity contribution in [3.05, 3.63) is 36.0 Å². The molecule has 0 bridgehead atoms. The third-order valence-corrected chi connectivity index (χ3v) is 3.50. The minimum Gasteiger partial charge on any atom is -0.360 e. The predicted molar refractivity (Wildman–Crippen MR) is 74.5 cm³/mol. The molecule has 0 aliphatic carbocycles. The van der Waals surface area contributed by atoms with Gasteiger partial charge in [0.25, 0.3) is 0 Å². The lowest BCUT2D eigenvalue weighted by Gasteiger charge is -2.01. The van der Waals surface area contributed by atoms with Gasteiger partial charge in [0.05, 0.1) is 0 Å². The van der Waals surface area contributed by atoms with Gasteiger partial charge in [0.15, 0.2) is 5.65 Å². The number of rotatable bonds is 5. The highest BCUT2D eigenvalue weighted by molar-refractivity contribution is 7.09. The van der Waals surface area contributed by atoms with Gasteiger partial charge in [-0.05, 0) is 12.1 Å². The average molecular weight is 274 g/mol. The number of aromatic nitrogens is 5. The van der Waals surface area contributed by atoms with Gasteiger partial charge in [-0.25, -0.2) is 4.98 Å². The minimum absolute atomic E-state index is 0.772. The molecule has 0 aromatic carbocycles. The van der Waals surface area contributed by atoms with Crippen LogP contribution >= 0.6 is 11.5 Å². The minimum atomic E-state index is 0.772. The van der Waals surface area contributed by atoms with E-state index in [0.717, 1.165) is 41.8 Å². The highest BCUT2D eigenvalue weighted by Gasteiger charge is 2.05. The van der Waals surface area contributed by atoms with Crippen molar-refractivity contribution in [3.8, 4) is 0 Å². The quantitative estimate of drug-likeness (QED) is 0.768. The normalized spacial score (nSPS) is 11.0. The first-order valence-electron chi connectivity index (χ1n) is 6.22. The van der Waals surface area contributed by atoms with E-state index < -0.39 is 0 Å². The fourth-order valence-corrected chi connectivity index (χ4v) is 2.49. The zero-order chi connectivity index (χ0) is 13.1. The lowest BCUT2D eigenvalue weighted by atomic mass is 10.4. The van der Waals surface area contributed by atoms with Gasteiger partial charge in [-0.1, -0.05) is 13.0 Å². The van der Waals surface area contributed by atoms with Crippen molar-refractivity contribution in [1.82, 2.24) is 24.0 Å². The third kappa shape index (κ3) is 2.55. The van der Waals surface area contributed by atoms with Crippen LogP contribution in [0.25, 0.3) is 5.65 Å². The first kappa shape index (κ1) is 12.0. The summed E-state index contributed by atoms with van der Waals surface area (Å²) in [5, 5.41) is 12.4. The molecule has 19 heavy (non-hydrogen) atoms. The van der Waals surface area contributed by atoms with E-state index in [1.165, 1.54) is 11.5 Å². The maximum absolute atomic E-state index is 4.36. The van der Waals surface area contributed by atoms with Gasteiger partial charge in [0, 0.05) is 37.1 Å². The molecule has 0 amide bonds. The number of anilines is 1. The largest absolute Gasteiger partial charge is 0.360 e. The molecule has 0 fully saturated rings. The molecule has 0 saturated carbocycles. The summed E-state index contributed by atoms with van der Waals surface area (Å²) in [6.45, 7) is 2.82.